The highest BCUT2D eigenvalue weighted by Gasteiger charge is 2.27. The summed E-state index contributed by atoms with van der Waals surface area (Å²) in [7, 11) is 1.22. The molecule has 18 heavy (non-hydrogen) atoms. The number of methoxy groups -OCH3 is 1. The average molecular weight is 252 g/mol. The van der Waals surface area contributed by atoms with E-state index in [4.69, 9.17) is 15.1 Å². The van der Waals surface area contributed by atoms with Crippen LogP contribution >= 0.6 is 0 Å². The number of carboxylic acids is 1. The van der Waals surface area contributed by atoms with E-state index in [0.29, 0.717) is 0 Å². The van der Waals surface area contributed by atoms with Crippen LogP contribution in [-0.2, 0) is 4.79 Å². The van der Waals surface area contributed by atoms with E-state index < -0.39 is 28.2 Å². The maximum Gasteiger partial charge on any atom is 0.337 e. The number of ether oxygens (including phenoxy) is 1. The van der Waals surface area contributed by atoms with Crippen LogP contribution in [-0.4, -0.2) is 28.2 Å². The van der Waals surface area contributed by atoms with Crippen molar-refractivity contribution < 1.29 is 24.7 Å². The number of nitro benzene ring substituents is 1. The average Bonchev–Trinajstić information content (AvgIpc) is 2.35. The lowest BCUT2D eigenvalue weighted by Crippen LogP contribution is -2.13. The van der Waals surface area contributed by atoms with E-state index in [0.717, 1.165) is 12.1 Å². The fourth-order valence-corrected chi connectivity index (χ4v) is 1.35. The zero-order chi connectivity index (χ0) is 13.9. The molecule has 0 aromatic heterocycles. The Bertz CT molecular complexity index is 548. The SMILES string of the molecule is COc1cc(C(O)C(=O)O)c(C#N)c([N+](=O)[O-])c1. The summed E-state index contributed by atoms with van der Waals surface area (Å²) in [5.41, 5.74) is -1.50. The molecule has 0 fully saturated rings. The standard InChI is InChI=1S/C10H8N2O6/c1-18-5-2-6(9(13)10(14)15)7(4-11)8(3-5)12(16)17/h2-3,9,13H,1H3,(H,14,15). The van der Waals surface area contributed by atoms with E-state index in [1.807, 2.05) is 0 Å². The van der Waals surface area contributed by atoms with Crippen LogP contribution in [0.3, 0.4) is 0 Å². The first-order chi connectivity index (χ1) is 8.42. The van der Waals surface area contributed by atoms with Crippen LogP contribution in [0.25, 0.3) is 0 Å². The van der Waals surface area contributed by atoms with Crippen LogP contribution in [0.2, 0.25) is 0 Å². The summed E-state index contributed by atoms with van der Waals surface area (Å²) in [5.74, 6) is -1.63. The van der Waals surface area contributed by atoms with Gasteiger partial charge in [0.1, 0.15) is 17.4 Å². The monoisotopic (exact) mass is 252 g/mol. The third kappa shape index (κ3) is 2.36. The molecule has 0 aliphatic carbocycles. The molecule has 0 radical (unpaired) electrons. The van der Waals surface area contributed by atoms with Gasteiger partial charge >= 0.3 is 5.97 Å². The number of hydrogen-bond acceptors (Lipinski definition) is 6. The first-order valence-electron chi connectivity index (χ1n) is 4.59. The Morgan fingerprint density at radius 3 is 2.61 bits per heavy atom. The van der Waals surface area contributed by atoms with E-state index in [-0.39, 0.29) is 11.3 Å². The molecular weight excluding hydrogens is 244 g/mol. The second-order valence-electron chi connectivity index (χ2n) is 3.22. The van der Waals surface area contributed by atoms with Crippen molar-refractivity contribution in [1.29, 1.82) is 5.26 Å². The van der Waals surface area contributed by atoms with Gasteiger partial charge in [-0.3, -0.25) is 10.1 Å². The van der Waals surface area contributed by atoms with Crippen LogP contribution in [0.5, 0.6) is 5.75 Å². The predicted molar refractivity (Wildman–Crippen MR) is 57.0 cm³/mol. The fourth-order valence-electron chi connectivity index (χ4n) is 1.35. The number of hydrogen-bond donors (Lipinski definition) is 2. The molecule has 94 valence electrons. The van der Waals surface area contributed by atoms with Gasteiger partial charge in [-0.05, 0) is 6.07 Å². The molecule has 1 rings (SSSR count). The van der Waals surface area contributed by atoms with Gasteiger partial charge in [0.2, 0.25) is 0 Å². The summed E-state index contributed by atoms with van der Waals surface area (Å²) in [4.78, 5) is 20.6. The topological polar surface area (TPSA) is 134 Å². The molecule has 0 aliphatic heterocycles. The molecule has 2 N–H and O–H groups in total. The lowest BCUT2D eigenvalue weighted by atomic mass is 10.0. The lowest BCUT2D eigenvalue weighted by Gasteiger charge is -2.10. The summed E-state index contributed by atoms with van der Waals surface area (Å²) in [6.07, 6.45) is -2.03. The van der Waals surface area contributed by atoms with Crippen LogP contribution in [0.15, 0.2) is 12.1 Å². The van der Waals surface area contributed by atoms with Gasteiger partial charge in [-0.1, -0.05) is 0 Å². The number of nitro groups is 1. The largest absolute Gasteiger partial charge is 0.496 e. The number of nitrogens with zero attached hydrogens (tertiary/aromatic N) is 2. The van der Waals surface area contributed by atoms with Crippen molar-refractivity contribution in [3.05, 3.63) is 33.4 Å². The zero-order valence-corrected chi connectivity index (χ0v) is 9.15. The van der Waals surface area contributed by atoms with Crippen molar-refractivity contribution >= 4 is 11.7 Å². The van der Waals surface area contributed by atoms with E-state index in [2.05, 4.69) is 0 Å². The Hall–Kier alpha value is -2.66. The third-order valence-electron chi connectivity index (χ3n) is 2.19. The molecule has 1 aromatic carbocycles. The lowest BCUT2D eigenvalue weighted by molar-refractivity contribution is -0.385. The zero-order valence-electron chi connectivity index (χ0n) is 9.15. The quantitative estimate of drug-likeness (QED) is 0.591. The van der Waals surface area contributed by atoms with Gasteiger partial charge in [0.05, 0.1) is 18.1 Å². The second-order valence-corrected chi connectivity index (χ2v) is 3.22. The van der Waals surface area contributed by atoms with Crippen molar-refractivity contribution in [1.82, 2.24) is 0 Å². The van der Waals surface area contributed by atoms with Crippen molar-refractivity contribution in [2.24, 2.45) is 0 Å². The number of benzene rings is 1. The molecule has 1 atom stereocenters. The number of aliphatic carboxylic acids is 1. The maximum absolute atomic E-state index is 10.8. The van der Waals surface area contributed by atoms with Gasteiger partial charge in [0.25, 0.3) is 5.69 Å². The molecule has 0 aliphatic rings. The smallest absolute Gasteiger partial charge is 0.337 e. The van der Waals surface area contributed by atoms with Crippen LogP contribution in [0, 0.1) is 21.4 Å². The molecule has 0 heterocycles. The van der Waals surface area contributed by atoms with E-state index in [1.165, 1.54) is 13.2 Å². The number of carbonyl (C=O) groups is 1. The summed E-state index contributed by atoms with van der Waals surface area (Å²) in [6, 6.07) is 3.57. The summed E-state index contributed by atoms with van der Waals surface area (Å²) in [5, 5.41) is 37.7. The molecule has 0 spiro atoms. The van der Waals surface area contributed by atoms with Gasteiger partial charge in [-0.25, -0.2) is 4.79 Å². The first-order valence-corrected chi connectivity index (χ1v) is 4.59. The Kier molecular flexibility index (Phi) is 3.81. The highest BCUT2D eigenvalue weighted by atomic mass is 16.6. The molecule has 1 aromatic rings. The highest BCUT2D eigenvalue weighted by Crippen LogP contribution is 2.31. The van der Waals surface area contributed by atoms with Gasteiger partial charge in [-0.15, -0.1) is 0 Å². The van der Waals surface area contributed by atoms with Gasteiger partial charge in [0, 0.05) is 5.56 Å². The van der Waals surface area contributed by atoms with Crippen molar-refractivity contribution in [3.63, 3.8) is 0 Å². The van der Waals surface area contributed by atoms with E-state index in [9.17, 15) is 20.0 Å². The molecule has 1 unspecified atom stereocenters. The Labute approximate surface area is 101 Å². The van der Waals surface area contributed by atoms with Crippen LogP contribution in [0.1, 0.15) is 17.2 Å². The van der Waals surface area contributed by atoms with Gasteiger partial charge < -0.3 is 14.9 Å². The van der Waals surface area contributed by atoms with Gasteiger partial charge in [0.15, 0.2) is 6.10 Å². The molecular formula is C10H8N2O6. The number of aliphatic hydroxyl groups excluding tert-OH is 1. The first kappa shape index (κ1) is 13.4. The fraction of sp³-hybridized carbons (Fsp3) is 0.200. The van der Waals surface area contributed by atoms with Crippen LogP contribution < -0.4 is 4.74 Å². The minimum absolute atomic E-state index is 0.0176. The molecule has 8 heteroatoms. The van der Waals surface area contributed by atoms with Crippen molar-refractivity contribution in [3.8, 4) is 11.8 Å². The number of rotatable bonds is 4. The predicted octanol–water partition coefficient (Wildman–Crippen LogP) is 0.593. The van der Waals surface area contributed by atoms with Crippen LogP contribution in [0.4, 0.5) is 5.69 Å². The van der Waals surface area contributed by atoms with E-state index in [1.54, 1.807) is 0 Å². The molecule has 0 amide bonds. The minimum atomic E-state index is -2.03. The third-order valence-corrected chi connectivity index (χ3v) is 2.19. The molecule has 0 bridgehead atoms. The van der Waals surface area contributed by atoms with Crippen molar-refractivity contribution in [2.45, 2.75) is 6.10 Å². The Morgan fingerprint density at radius 2 is 2.22 bits per heavy atom. The Morgan fingerprint density at radius 1 is 1.61 bits per heavy atom. The summed E-state index contributed by atoms with van der Waals surface area (Å²) in [6.45, 7) is 0. The number of aliphatic hydroxyl groups is 1. The Balaban J connectivity index is 3.58. The van der Waals surface area contributed by atoms with Crippen molar-refractivity contribution in [2.75, 3.05) is 7.11 Å². The van der Waals surface area contributed by atoms with E-state index >= 15 is 0 Å². The summed E-state index contributed by atoms with van der Waals surface area (Å²) < 4.78 is 4.76. The molecule has 0 saturated heterocycles. The summed E-state index contributed by atoms with van der Waals surface area (Å²) >= 11 is 0. The second kappa shape index (κ2) is 5.11. The normalized spacial score (nSPS) is 11.4. The van der Waals surface area contributed by atoms with Gasteiger partial charge in [-0.2, -0.15) is 5.26 Å². The number of carboxylic acid groups (broad SMARTS) is 1. The highest BCUT2D eigenvalue weighted by molar-refractivity contribution is 5.76. The molecule has 0 saturated carbocycles. The minimum Gasteiger partial charge on any atom is -0.496 e. The number of nitriles is 1. The molecule has 8 nitrogen and oxygen atoms in total. The maximum atomic E-state index is 10.8.